The first-order valence-corrected chi connectivity index (χ1v) is 7.77. The molecule has 0 aromatic carbocycles. The van der Waals surface area contributed by atoms with E-state index in [9.17, 15) is 4.79 Å². The molecule has 110 valence electrons. The molecule has 4 N–H and O–H groups in total. The fourth-order valence-electron chi connectivity index (χ4n) is 3.52. The van der Waals surface area contributed by atoms with Gasteiger partial charge in [-0.05, 0) is 50.1 Å². The molecule has 1 saturated heterocycles. The Hall–Kier alpha value is -0.610. The smallest absolute Gasteiger partial charge is 0.239 e. The van der Waals surface area contributed by atoms with Crippen LogP contribution >= 0.6 is 0 Å². The van der Waals surface area contributed by atoms with Crippen molar-refractivity contribution in [1.29, 1.82) is 0 Å². The van der Waals surface area contributed by atoms with Crippen molar-refractivity contribution in [2.75, 3.05) is 19.6 Å². The lowest BCUT2D eigenvalue weighted by Gasteiger charge is -2.43. The number of amides is 1. The predicted octanol–water partition coefficient (Wildman–Crippen LogP) is 1.48. The number of primary amides is 1. The number of carbonyl (C=O) groups is 1. The van der Waals surface area contributed by atoms with Gasteiger partial charge in [0.2, 0.25) is 5.91 Å². The maximum absolute atomic E-state index is 11.7. The summed E-state index contributed by atoms with van der Waals surface area (Å²) >= 11 is 0. The molecule has 1 unspecified atom stereocenters. The minimum Gasteiger partial charge on any atom is -0.368 e. The number of rotatable bonds is 6. The highest BCUT2D eigenvalue weighted by Crippen LogP contribution is 2.41. The van der Waals surface area contributed by atoms with Crippen LogP contribution < -0.4 is 11.5 Å². The first-order chi connectivity index (χ1) is 8.96. The summed E-state index contributed by atoms with van der Waals surface area (Å²) in [5, 5.41) is 0. The van der Waals surface area contributed by atoms with E-state index < -0.39 is 5.54 Å². The number of nitrogens with zero attached hydrogens (tertiary/aromatic N) is 1. The molecule has 0 bridgehead atoms. The Morgan fingerprint density at radius 2 is 1.79 bits per heavy atom. The van der Waals surface area contributed by atoms with Gasteiger partial charge in [-0.2, -0.15) is 0 Å². The van der Waals surface area contributed by atoms with E-state index in [4.69, 9.17) is 11.5 Å². The molecule has 4 heteroatoms. The van der Waals surface area contributed by atoms with E-state index in [0.29, 0.717) is 17.9 Å². The Balaban J connectivity index is 1.93. The molecule has 4 nitrogen and oxygen atoms in total. The van der Waals surface area contributed by atoms with Crippen molar-refractivity contribution in [3.63, 3.8) is 0 Å². The maximum atomic E-state index is 11.7. The van der Waals surface area contributed by atoms with E-state index >= 15 is 0 Å². The number of likely N-dealkylation sites (tertiary alicyclic amines) is 1. The van der Waals surface area contributed by atoms with Gasteiger partial charge in [0.05, 0.1) is 0 Å². The lowest BCUT2D eigenvalue weighted by atomic mass is 9.74. The highest BCUT2D eigenvalue weighted by Gasteiger charge is 2.48. The summed E-state index contributed by atoms with van der Waals surface area (Å²) in [5.74, 6) is -0.00754. The molecule has 1 saturated carbocycles. The predicted molar refractivity (Wildman–Crippen MR) is 77.5 cm³/mol. The van der Waals surface area contributed by atoms with Crippen LogP contribution in [0.4, 0.5) is 0 Å². The van der Waals surface area contributed by atoms with E-state index in [1.165, 1.54) is 25.7 Å². The average molecular weight is 267 g/mol. The zero-order valence-electron chi connectivity index (χ0n) is 12.5. The first kappa shape index (κ1) is 14.8. The van der Waals surface area contributed by atoms with Gasteiger partial charge in [-0.15, -0.1) is 0 Å². The Labute approximate surface area is 116 Å². The molecule has 2 fully saturated rings. The van der Waals surface area contributed by atoms with Gasteiger partial charge >= 0.3 is 0 Å². The maximum Gasteiger partial charge on any atom is 0.239 e. The van der Waals surface area contributed by atoms with Gasteiger partial charge < -0.3 is 16.4 Å². The van der Waals surface area contributed by atoms with E-state index in [1.54, 1.807) is 0 Å². The fourth-order valence-corrected chi connectivity index (χ4v) is 3.52. The highest BCUT2D eigenvalue weighted by molar-refractivity contribution is 5.85. The van der Waals surface area contributed by atoms with E-state index in [1.807, 2.05) is 0 Å². The zero-order chi connectivity index (χ0) is 14.1. The van der Waals surface area contributed by atoms with Crippen LogP contribution in [0.5, 0.6) is 0 Å². The molecule has 1 aliphatic heterocycles. The van der Waals surface area contributed by atoms with Crippen molar-refractivity contribution < 1.29 is 4.79 Å². The van der Waals surface area contributed by atoms with Gasteiger partial charge in [0.25, 0.3) is 0 Å². The monoisotopic (exact) mass is 267 g/mol. The molecule has 1 amide bonds. The first-order valence-electron chi connectivity index (χ1n) is 7.77. The molecule has 2 aliphatic rings. The molecule has 1 aliphatic carbocycles. The molecule has 2 rings (SSSR count). The fraction of sp³-hybridized carbons (Fsp3) is 0.933. The second-order valence-electron chi connectivity index (χ2n) is 6.66. The van der Waals surface area contributed by atoms with Crippen LogP contribution in [0.15, 0.2) is 0 Å². The van der Waals surface area contributed by atoms with Crippen LogP contribution in [0.25, 0.3) is 0 Å². The molecule has 1 atom stereocenters. The van der Waals surface area contributed by atoms with Gasteiger partial charge in [0, 0.05) is 6.54 Å². The van der Waals surface area contributed by atoms with Gasteiger partial charge in [0.1, 0.15) is 5.54 Å². The number of hydrogen-bond donors (Lipinski definition) is 2. The minimum absolute atomic E-state index is 0.314. The second-order valence-corrected chi connectivity index (χ2v) is 6.66. The minimum atomic E-state index is -0.793. The highest BCUT2D eigenvalue weighted by atomic mass is 16.1. The summed E-state index contributed by atoms with van der Waals surface area (Å²) in [4.78, 5) is 14.0. The summed E-state index contributed by atoms with van der Waals surface area (Å²) < 4.78 is 0. The summed E-state index contributed by atoms with van der Waals surface area (Å²) in [7, 11) is 0. The largest absolute Gasteiger partial charge is 0.368 e. The third-order valence-electron chi connectivity index (χ3n) is 5.67. The summed E-state index contributed by atoms with van der Waals surface area (Å²) in [6, 6.07) is 0. The molecule has 1 heterocycles. The Morgan fingerprint density at radius 3 is 2.16 bits per heavy atom. The topological polar surface area (TPSA) is 72.3 Å². The number of carbonyl (C=O) groups excluding carboxylic acids is 1. The van der Waals surface area contributed by atoms with Gasteiger partial charge in [-0.25, -0.2) is 0 Å². The van der Waals surface area contributed by atoms with Crippen LogP contribution in [0.2, 0.25) is 0 Å². The third kappa shape index (κ3) is 2.95. The van der Waals surface area contributed by atoms with E-state index in [0.717, 1.165) is 25.9 Å². The Bertz CT molecular complexity index is 326. The van der Waals surface area contributed by atoms with Crippen LogP contribution in [0, 0.1) is 11.3 Å². The average Bonchev–Trinajstić information content (AvgIpc) is 3.24. The molecule has 0 spiro atoms. The molecular weight excluding hydrogens is 238 g/mol. The normalized spacial score (nSPS) is 26.9. The van der Waals surface area contributed by atoms with Crippen molar-refractivity contribution in [2.45, 2.75) is 57.9 Å². The second kappa shape index (κ2) is 5.41. The quantitative estimate of drug-likeness (QED) is 0.765. The lowest BCUT2D eigenvalue weighted by Crippen LogP contribution is -2.61. The van der Waals surface area contributed by atoms with Crippen molar-refractivity contribution in [3.05, 3.63) is 0 Å². The number of piperidine rings is 1. The SMILES string of the molecule is CCC1(CC)CCN(CC(N)(C(N)=O)C2CC2)CC1. The van der Waals surface area contributed by atoms with Gasteiger partial charge in [0.15, 0.2) is 0 Å². The number of nitrogens with two attached hydrogens (primary N) is 2. The standard InChI is InChI=1S/C15H29N3O/c1-3-14(4-2)7-9-18(10-8-14)11-15(17,13(16)19)12-5-6-12/h12H,3-11,17H2,1-2H3,(H2,16,19). The van der Waals surface area contributed by atoms with Crippen LogP contribution in [-0.4, -0.2) is 36.0 Å². The molecule has 19 heavy (non-hydrogen) atoms. The Kier molecular flexibility index (Phi) is 4.21. The van der Waals surface area contributed by atoms with Gasteiger partial charge in [-0.1, -0.05) is 26.7 Å². The van der Waals surface area contributed by atoms with Crippen molar-refractivity contribution >= 4 is 5.91 Å². The van der Waals surface area contributed by atoms with Crippen molar-refractivity contribution in [1.82, 2.24) is 4.90 Å². The van der Waals surface area contributed by atoms with Crippen LogP contribution in [0.3, 0.4) is 0 Å². The van der Waals surface area contributed by atoms with Gasteiger partial charge in [-0.3, -0.25) is 4.79 Å². The number of hydrogen-bond acceptors (Lipinski definition) is 3. The van der Waals surface area contributed by atoms with E-state index in [-0.39, 0.29) is 5.91 Å². The van der Waals surface area contributed by atoms with Crippen molar-refractivity contribution in [2.24, 2.45) is 22.8 Å². The lowest BCUT2D eigenvalue weighted by molar-refractivity contribution is -0.125. The molecular formula is C15H29N3O. The third-order valence-corrected chi connectivity index (χ3v) is 5.67. The molecule has 0 aromatic heterocycles. The van der Waals surface area contributed by atoms with Crippen LogP contribution in [-0.2, 0) is 4.79 Å². The molecule has 0 radical (unpaired) electrons. The zero-order valence-corrected chi connectivity index (χ0v) is 12.5. The summed E-state index contributed by atoms with van der Waals surface area (Å²) in [6.45, 7) is 7.34. The van der Waals surface area contributed by atoms with Crippen LogP contribution in [0.1, 0.15) is 52.4 Å². The van der Waals surface area contributed by atoms with Crippen molar-refractivity contribution in [3.8, 4) is 0 Å². The molecule has 0 aromatic rings. The summed E-state index contributed by atoms with van der Waals surface area (Å²) in [5.41, 5.74) is 11.6. The summed E-state index contributed by atoms with van der Waals surface area (Å²) in [6.07, 6.45) is 7.06. The Morgan fingerprint density at radius 1 is 1.26 bits per heavy atom. The van der Waals surface area contributed by atoms with E-state index in [2.05, 4.69) is 18.7 Å².